The molecule has 0 spiro atoms. The van der Waals surface area contributed by atoms with Crippen LogP contribution >= 0.6 is 12.4 Å². The summed E-state index contributed by atoms with van der Waals surface area (Å²) in [4.78, 5) is 0. The van der Waals surface area contributed by atoms with E-state index in [1.807, 2.05) is 0 Å². The fraction of sp³-hybridized carbons (Fsp3) is 0.455. The van der Waals surface area contributed by atoms with Crippen LogP contribution in [0.3, 0.4) is 0 Å². The van der Waals surface area contributed by atoms with Crippen LogP contribution < -0.4 is 15.2 Å². The van der Waals surface area contributed by atoms with Gasteiger partial charge in [-0.25, -0.2) is 8.78 Å². The van der Waals surface area contributed by atoms with Gasteiger partial charge in [0.2, 0.25) is 6.43 Å². The smallest absolute Gasteiger partial charge is 0.496 e. The van der Waals surface area contributed by atoms with Gasteiger partial charge in [0, 0.05) is 24.1 Å². The van der Waals surface area contributed by atoms with Crippen molar-refractivity contribution in [3.05, 3.63) is 23.8 Å². The highest BCUT2D eigenvalue weighted by Crippen LogP contribution is 2.33. The maximum atomic E-state index is 12.2. The third kappa shape index (κ3) is 5.79. The molecule has 1 aromatic rings. The van der Waals surface area contributed by atoms with Gasteiger partial charge >= 0.3 is 6.36 Å². The van der Waals surface area contributed by atoms with Crippen molar-refractivity contribution in [2.24, 2.45) is 5.73 Å². The van der Waals surface area contributed by atoms with Gasteiger partial charge in [-0.1, -0.05) is 6.07 Å². The van der Waals surface area contributed by atoms with Crippen LogP contribution in [0.5, 0.6) is 11.5 Å². The second-order valence-corrected chi connectivity index (χ2v) is 3.68. The number of hydrogen-bond donors (Lipinski definition) is 1. The molecule has 0 saturated carbocycles. The van der Waals surface area contributed by atoms with Crippen LogP contribution in [0.2, 0.25) is 0 Å². The Morgan fingerprint density at radius 3 is 2.30 bits per heavy atom. The van der Waals surface area contributed by atoms with E-state index in [0.29, 0.717) is 0 Å². The predicted octanol–water partition coefficient (Wildman–Crippen LogP) is 3.67. The summed E-state index contributed by atoms with van der Waals surface area (Å²) in [6.45, 7) is 0. The number of benzene rings is 1. The first-order chi connectivity index (χ1) is 8.73. The summed E-state index contributed by atoms with van der Waals surface area (Å²) in [5.74, 6) is -0.535. The molecule has 0 aliphatic rings. The molecule has 116 valence electrons. The highest BCUT2D eigenvalue weighted by Gasteiger charge is 2.31. The SMILES string of the molecule is COc1cc(OC(F)(F)F)ccc1[C@@H](N)CC(F)F.Cl. The summed E-state index contributed by atoms with van der Waals surface area (Å²) in [5.41, 5.74) is 5.72. The average molecular weight is 322 g/mol. The Kier molecular flexibility index (Phi) is 7.01. The fourth-order valence-electron chi connectivity index (χ4n) is 1.51. The lowest BCUT2D eigenvalue weighted by atomic mass is 10.0. The largest absolute Gasteiger partial charge is 0.573 e. The van der Waals surface area contributed by atoms with Gasteiger partial charge in [-0.3, -0.25) is 0 Å². The van der Waals surface area contributed by atoms with Crippen LogP contribution in [0.4, 0.5) is 22.0 Å². The van der Waals surface area contributed by atoms with Crippen molar-refractivity contribution in [2.75, 3.05) is 7.11 Å². The molecule has 0 bridgehead atoms. The van der Waals surface area contributed by atoms with E-state index in [2.05, 4.69) is 4.74 Å². The number of ether oxygens (including phenoxy) is 2. The van der Waals surface area contributed by atoms with Gasteiger partial charge in [-0.2, -0.15) is 0 Å². The minimum Gasteiger partial charge on any atom is -0.496 e. The number of alkyl halides is 5. The molecule has 0 heterocycles. The molecule has 0 aromatic heterocycles. The van der Waals surface area contributed by atoms with E-state index in [0.717, 1.165) is 12.1 Å². The van der Waals surface area contributed by atoms with Crippen LogP contribution in [-0.2, 0) is 0 Å². The van der Waals surface area contributed by atoms with E-state index >= 15 is 0 Å². The number of methoxy groups -OCH3 is 1. The first-order valence-electron chi connectivity index (χ1n) is 5.20. The van der Waals surface area contributed by atoms with E-state index in [1.165, 1.54) is 13.2 Å². The van der Waals surface area contributed by atoms with Crippen LogP contribution in [0, 0.1) is 0 Å². The molecule has 9 heteroatoms. The predicted molar refractivity (Wildman–Crippen MR) is 64.5 cm³/mol. The first-order valence-corrected chi connectivity index (χ1v) is 5.20. The number of rotatable bonds is 5. The zero-order valence-corrected chi connectivity index (χ0v) is 11.1. The Morgan fingerprint density at radius 1 is 1.25 bits per heavy atom. The zero-order valence-electron chi connectivity index (χ0n) is 10.3. The van der Waals surface area contributed by atoms with Gasteiger partial charge < -0.3 is 15.2 Å². The normalized spacial score (nSPS) is 12.8. The summed E-state index contributed by atoms with van der Waals surface area (Å²) in [5, 5.41) is 0. The lowest BCUT2D eigenvalue weighted by molar-refractivity contribution is -0.274. The summed E-state index contributed by atoms with van der Waals surface area (Å²) < 4.78 is 69.0. The summed E-state index contributed by atoms with van der Waals surface area (Å²) in [6, 6.07) is 2.09. The molecule has 2 N–H and O–H groups in total. The summed E-state index contributed by atoms with van der Waals surface area (Å²) in [7, 11) is 1.20. The molecule has 1 rings (SSSR count). The molecule has 0 amide bonds. The molecule has 0 aliphatic carbocycles. The molecule has 1 atom stereocenters. The second-order valence-electron chi connectivity index (χ2n) is 3.68. The third-order valence-electron chi connectivity index (χ3n) is 2.27. The molecular formula is C11H13ClF5NO2. The van der Waals surface area contributed by atoms with Crippen molar-refractivity contribution < 1.29 is 31.4 Å². The molecule has 3 nitrogen and oxygen atoms in total. The Bertz CT molecular complexity index is 428. The van der Waals surface area contributed by atoms with Crippen molar-refractivity contribution in [2.45, 2.75) is 25.3 Å². The Labute approximate surface area is 118 Å². The summed E-state index contributed by atoms with van der Waals surface area (Å²) >= 11 is 0. The van der Waals surface area contributed by atoms with Crippen molar-refractivity contribution >= 4 is 12.4 Å². The molecule has 20 heavy (non-hydrogen) atoms. The molecule has 0 fully saturated rings. The van der Waals surface area contributed by atoms with Crippen LogP contribution in [-0.4, -0.2) is 19.9 Å². The third-order valence-corrected chi connectivity index (χ3v) is 2.27. The standard InChI is InChI=1S/C11H12F5NO2.ClH/c1-18-9-4-6(19-11(14,15)16)2-3-7(9)8(17)5-10(12)13;/h2-4,8,10H,5,17H2,1H3;1H/t8-;/m0./s1. The highest BCUT2D eigenvalue weighted by molar-refractivity contribution is 5.85. The van der Waals surface area contributed by atoms with Gasteiger partial charge in [0.15, 0.2) is 0 Å². The van der Waals surface area contributed by atoms with Gasteiger partial charge in [-0.15, -0.1) is 25.6 Å². The van der Waals surface area contributed by atoms with Crippen LogP contribution in [0.15, 0.2) is 18.2 Å². The molecule has 0 saturated heterocycles. The average Bonchev–Trinajstić information content (AvgIpc) is 2.25. The zero-order chi connectivity index (χ0) is 14.6. The topological polar surface area (TPSA) is 44.5 Å². The van der Waals surface area contributed by atoms with Gasteiger partial charge in [0.25, 0.3) is 0 Å². The van der Waals surface area contributed by atoms with Crippen molar-refractivity contribution in [1.82, 2.24) is 0 Å². The number of hydrogen-bond acceptors (Lipinski definition) is 3. The van der Waals surface area contributed by atoms with Gasteiger partial charge in [-0.05, 0) is 6.07 Å². The number of halogens is 6. The van der Waals surface area contributed by atoms with E-state index in [-0.39, 0.29) is 23.7 Å². The highest BCUT2D eigenvalue weighted by atomic mass is 35.5. The first kappa shape index (κ1) is 18.7. The lowest BCUT2D eigenvalue weighted by Gasteiger charge is -2.17. The second kappa shape index (κ2) is 7.49. The van der Waals surface area contributed by atoms with Crippen molar-refractivity contribution in [1.29, 1.82) is 0 Å². The Morgan fingerprint density at radius 2 is 1.85 bits per heavy atom. The number of nitrogens with two attached hydrogens (primary N) is 1. The lowest BCUT2D eigenvalue weighted by Crippen LogP contribution is -2.18. The minimum atomic E-state index is -4.84. The van der Waals surface area contributed by atoms with E-state index in [1.54, 1.807) is 0 Å². The van der Waals surface area contributed by atoms with Crippen LogP contribution in [0.1, 0.15) is 18.0 Å². The molecule has 0 radical (unpaired) electrons. The molecule has 0 aliphatic heterocycles. The quantitative estimate of drug-likeness (QED) is 0.842. The van der Waals surface area contributed by atoms with Crippen molar-refractivity contribution in [3.8, 4) is 11.5 Å². The Balaban J connectivity index is 0.00000361. The molecule has 0 unspecified atom stereocenters. The maximum Gasteiger partial charge on any atom is 0.573 e. The molecule has 1 aromatic carbocycles. The van der Waals surface area contributed by atoms with E-state index in [4.69, 9.17) is 10.5 Å². The van der Waals surface area contributed by atoms with Gasteiger partial charge in [0.1, 0.15) is 11.5 Å². The summed E-state index contributed by atoms with van der Waals surface area (Å²) in [6.07, 6.45) is -8.07. The fourth-order valence-corrected chi connectivity index (χ4v) is 1.51. The Hall–Kier alpha value is -1.28. The van der Waals surface area contributed by atoms with E-state index < -0.39 is 31.0 Å². The van der Waals surface area contributed by atoms with Gasteiger partial charge in [0.05, 0.1) is 7.11 Å². The van der Waals surface area contributed by atoms with Crippen molar-refractivity contribution in [3.63, 3.8) is 0 Å². The maximum absolute atomic E-state index is 12.2. The van der Waals surface area contributed by atoms with E-state index in [9.17, 15) is 22.0 Å². The minimum absolute atomic E-state index is 0. The van der Waals surface area contributed by atoms with Crippen LogP contribution in [0.25, 0.3) is 0 Å². The monoisotopic (exact) mass is 321 g/mol. The molecular weight excluding hydrogens is 309 g/mol.